The minimum absolute atomic E-state index is 0.0147. The zero-order valence-electron chi connectivity index (χ0n) is 31.5. The van der Waals surface area contributed by atoms with Gasteiger partial charge in [-0.3, -0.25) is 19.1 Å². The number of methoxy groups -OCH3 is 2. The van der Waals surface area contributed by atoms with Gasteiger partial charge >= 0.3 is 6.09 Å². The molecule has 294 valence electrons. The lowest BCUT2D eigenvalue weighted by molar-refractivity contribution is -0.141. The van der Waals surface area contributed by atoms with Crippen LogP contribution in [0, 0.1) is 5.92 Å². The van der Waals surface area contributed by atoms with E-state index in [1.54, 1.807) is 14.2 Å². The second-order valence-electron chi connectivity index (χ2n) is 16.0. The van der Waals surface area contributed by atoms with Gasteiger partial charge in [0, 0.05) is 13.5 Å². The molecule has 2 aromatic carbocycles. The van der Waals surface area contributed by atoms with Crippen molar-refractivity contribution in [2.45, 2.75) is 131 Å². The number of nitrogens with one attached hydrogen (secondary N) is 3. The maximum atomic E-state index is 14.7. The summed E-state index contributed by atoms with van der Waals surface area (Å²) in [6.07, 6.45) is 10.1. The van der Waals surface area contributed by atoms with Gasteiger partial charge in [0.05, 0.1) is 25.5 Å². The number of hydrogen-bond acceptors (Lipinski definition) is 9. The summed E-state index contributed by atoms with van der Waals surface area (Å²) < 4.78 is 45.7. The summed E-state index contributed by atoms with van der Waals surface area (Å²) in [5, 5.41) is 7.17. The Hall–Kier alpha value is -3.91. The lowest BCUT2D eigenvalue weighted by atomic mass is 9.88. The molecule has 2 saturated carbocycles. The van der Waals surface area contributed by atoms with Crippen molar-refractivity contribution >= 4 is 44.6 Å². The third-order valence-corrected chi connectivity index (χ3v) is 14.2. The van der Waals surface area contributed by atoms with Crippen molar-refractivity contribution in [2.24, 2.45) is 5.92 Å². The Morgan fingerprint density at radius 3 is 2.39 bits per heavy atom. The number of ether oxygens (including phenoxy) is 3. The predicted octanol–water partition coefficient (Wildman–Crippen LogP) is 4.73. The van der Waals surface area contributed by atoms with Gasteiger partial charge in [-0.15, -0.1) is 0 Å². The van der Waals surface area contributed by atoms with Gasteiger partial charge in [-0.2, -0.15) is 0 Å². The average molecular weight is 767 g/mol. The van der Waals surface area contributed by atoms with Gasteiger partial charge in [0.1, 0.15) is 29.0 Å². The third-order valence-electron chi connectivity index (χ3n) is 12.3. The molecule has 3 N–H and O–H groups in total. The zero-order valence-corrected chi connectivity index (χ0v) is 32.3. The van der Waals surface area contributed by atoms with E-state index in [4.69, 9.17) is 14.2 Å². The van der Waals surface area contributed by atoms with Crippen LogP contribution >= 0.6 is 0 Å². The van der Waals surface area contributed by atoms with Gasteiger partial charge in [0.25, 0.3) is 5.91 Å². The summed E-state index contributed by atoms with van der Waals surface area (Å²) >= 11 is 0. The first-order chi connectivity index (χ1) is 26.0. The molecule has 54 heavy (non-hydrogen) atoms. The number of rotatable bonds is 5. The van der Waals surface area contributed by atoms with Crippen LogP contribution in [0.2, 0.25) is 0 Å². The Bertz CT molecular complexity index is 1880. The molecular formula is C40H54N4O9S. The van der Waals surface area contributed by atoms with E-state index >= 15 is 0 Å². The molecule has 4 fully saturated rings. The number of amides is 4. The highest BCUT2D eigenvalue weighted by Crippen LogP contribution is 2.49. The zero-order chi connectivity index (χ0) is 38.1. The second-order valence-corrected chi connectivity index (χ2v) is 18.0. The molecule has 4 amide bonds. The van der Waals surface area contributed by atoms with E-state index in [-0.39, 0.29) is 25.5 Å². The Labute approximate surface area is 317 Å². The molecule has 13 nitrogen and oxygen atoms in total. The van der Waals surface area contributed by atoms with Crippen molar-refractivity contribution in [1.29, 1.82) is 0 Å². The van der Waals surface area contributed by atoms with Crippen molar-refractivity contribution in [3.05, 3.63) is 41.5 Å². The Morgan fingerprint density at radius 1 is 0.889 bits per heavy atom. The molecule has 3 heterocycles. The van der Waals surface area contributed by atoms with E-state index in [1.807, 2.05) is 24.3 Å². The minimum Gasteiger partial charge on any atom is -0.496 e. The molecule has 6 bridgehead atoms. The van der Waals surface area contributed by atoms with Gasteiger partial charge in [0.15, 0.2) is 0 Å². The molecule has 5 atom stereocenters. The smallest absolute Gasteiger partial charge is 0.407 e. The minimum atomic E-state index is -3.86. The van der Waals surface area contributed by atoms with Crippen LogP contribution in [0.25, 0.3) is 10.8 Å². The van der Waals surface area contributed by atoms with Gasteiger partial charge < -0.3 is 29.7 Å². The molecule has 2 aliphatic carbocycles. The first kappa shape index (κ1) is 38.4. The van der Waals surface area contributed by atoms with Crippen LogP contribution in [0.4, 0.5) is 4.79 Å². The molecule has 0 spiro atoms. The molecule has 2 saturated heterocycles. The van der Waals surface area contributed by atoms with Crippen molar-refractivity contribution in [1.82, 2.24) is 20.3 Å². The van der Waals surface area contributed by atoms with E-state index in [0.29, 0.717) is 44.9 Å². The number of aryl methyl sites for hydroxylation is 1. The fraction of sp³-hybridized carbons (Fsp3) is 0.650. The van der Waals surface area contributed by atoms with E-state index in [9.17, 15) is 27.6 Å². The number of fused-ring (bicyclic) bond motifs is 6. The lowest BCUT2D eigenvalue weighted by Gasteiger charge is -2.31. The summed E-state index contributed by atoms with van der Waals surface area (Å²) in [4.78, 5) is 57.8. The lowest BCUT2D eigenvalue weighted by Crippen LogP contribution is -2.58. The summed E-state index contributed by atoms with van der Waals surface area (Å²) in [6, 6.07) is 8.12. The number of carbonyl (C=O) groups is 4. The third kappa shape index (κ3) is 7.91. The molecule has 5 aliphatic rings. The Balaban J connectivity index is 1.28. The number of carbonyl (C=O) groups excluding carboxylic acids is 4. The maximum Gasteiger partial charge on any atom is 0.407 e. The highest BCUT2D eigenvalue weighted by Gasteiger charge is 2.63. The SMILES string of the molecule is COc1cc2ccc3cc2cc1CCCCCCOC(=O)N[C@H]1CCCCCCC[C@@H]2C[C@@]2(C(=O)NS(=O)(=O)C2CC2)NC(=O)[C@@H]2C[C@]3(OC)CN2C1=O. The number of cyclic esters (lactones) is 1. The number of benzene rings is 2. The van der Waals surface area contributed by atoms with Crippen LogP contribution in [0.3, 0.4) is 0 Å². The summed E-state index contributed by atoms with van der Waals surface area (Å²) in [5.41, 5.74) is -0.661. The van der Waals surface area contributed by atoms with Crippen LogP contribution in [0.5, 0.6) is 5.75 Å². The van der Waals surface area contributed by atoms with E-state index in [2.05, 4.69) is 21.4 Å². The monoisotopic (exact) mass is 766 g/mol. The van der Waals surface area contributed by atoms with Crippen LogP contribution in [-0.4, -0.2) is 87.4 Å². The summed E-state index contributed by atoms with van der Waals surface area (Å²) in [6.45, 7) is 0.234. The van der Waals surface area contributed by atoms with E-state index in [0.717, 1.165) is 79.0 Å². The molecule has 2 aromatic rings. The van der Waals surface area contributed by atoms with Gasteiger partial charge in [-0.1, -0.05) is 57.1 Å². The highest BCUT2D eigenvalue weighted by atomic mass is 32.2. The molecule has 14 heteroatoms. The van der Waals surface area contributed by atoms with Crippen LogP contribution < -0.4 is 20.1 Å². The van der Waals surface area contributed by atoms with Crippen molar-refractivity contribution in [3.8, 4) is 5.75 Å². The molecule has 0 aromatic heterocycles. The number of hydrogen-bond donors (Lipinski definition) is 3. The number of sulfonamides is 1. The first-order valence-corrected chi connectivity index (χ1v) is 21.3. The fourth-order valence-electron chi connectivity index (χ4n) is 8.80. The molecule has 0 radical (unpaired) electrons. The molecule has 3 aliphatic heterocycles. The van der Waals surface area contributed by atoms with Gasteiger partial charge in [-0.25, -0.2) is 13.2 Å². The van der Waals surface area contributed by atoms with E-state index < -0.39 is 62.3 Å². The molecular weight excluding hydrogens is 713 g/mol. The van der Waals surface area contributed by atoms with Crippen molar-refractivity contribution < 1.29 is 41.8 Å². The second kappa shape index (κ2) is 15.7. The normalized spacial score (nSPS) is 30.1. The van der Waals surface area contributed by atoms with Crippen LogP contribution in [0.1, 0.15) is 107 Å². The van der Waals surface area contributed by atoms with E-state index in [1.165, 1.54) is 4.90 Å². The fourth-order valence-corrected chi connectivity index (χ4v) is 10.2. The summed E-state index contributed by atoms with van der Waals surface area (Å²) in [7, 11) is -0.629. The molecule has 7 rings (SSSR count). The van der Waals surface area contributed by atoms with Gasteiger partial charge in [0.2, 0.25) is 21.8 Å². The van der Waals surface area contributed by atoms with Crippen molar-refractivity contribution in [3.63, 3.8) is 0 Å². The highest BCUT2D eigenvalue weighted by molar-refractivity contribution is 7.91. The maximum absolute atomic E-state index is 14.7. The number of alkyl carbamates (subject to hydrolysis) is 1. The first-order valence-electron chi connectivity index (χ1n) is 19.8. The average Bonchev–Trinajstić information content (AvgIpc) is 4.08. The standard InChI is InChI=1S/C40H54N4O9S/c1-51-34-22-26-15-16-29-21-28(26)20-27(34)12-8-6-7-11-19-53-38(48)41-32-14-10-5-3-4-9-13-30-23-40(30,37(47)43-54(49,50)31-17-18-31)42-35(45)33-24-39(29,52-2)25-44(33)36(32)46/h15-16,20-22,30-33H,3-14,17-19,23-25H2,1-2H3,(H,41,48)(H,42,45)(H,43,47)/t30-,32+,33+,39+,40-/m1/s1. The van der Waals surface area contributed by atoms with Crippen molar-refractivity contribution in [2.75, 3.05) is 27.4 Å². The Morgan fingerprint density at radius 2 is 1.63 bits per heavy atom. The Kier molecular flexibility index (Phi) is 11.1. The quantitative estimate of drug-likeness (QED) is 0.390. The summed E-state index contributed by atoms with van der Waals surface area (Å²) in [5.74, 6) is -1.14. The topological polar surface area (TPSA) is 169 Å². The largest absolute Gasteiger partial charge is 0.496 e. The predicted molar refractivity (Wildman–Crippen MR) is 201 cm³/mol. The van der Waals surface area contributed by atoms with Crippen LogP contribution in [-0.2, 0) is 45.9 Å². The van der Waals surface area contributed by atoms with Gasteiger partial charge in [-0.05, 0) is 97.4 Å². The number of nitrogens with zero attached hydrogens (tertiary/aromatic N) is 1. The van der Waals surface area contributed by atoms with Crippen LogP contribution in [0.15, 0.2) is 30.3 Å². The molecule has 0 unspecified atom stereocenters.